The van der Waals surface area contributed by atoms with E-state index in [2.05, 4.69) is 18.2 Å². The lowest BCUT2D eigenvalue weighted by atomic mass is 10.2. The highest BCUT2D eigenvalue weighted by molar-refractivity contribution is 7.89. The molecule has 0 aliphatic carbocycles. The van der Waals surface area contributed by atoms with Gasteiger partial charge < -0.3 is 9.30 Å². The van der Waals surface area contributed by atoms with Crippen LogP contribution < -0.4 is 4.80 Å². The third kappa shape index (κ3) is 5.74. The standard InChI is InChI=1S/C23H21Cl2N3O5S2/c1-4-12-27(13-5-2)35(31,32)16-8-6-15(7-9-16)22(30)26-23-28(14-19(29)33-3)21-18(34-23)11-10-17(24)20(21)25/h4-11H,1-2,12-14H2,3H3. The van der Waals surface area contributed by atoms with Crippen molar-refractivity contribution < 1.29 is 22.7 Å². The van der Waals surface area contributed by atoms with E-state index < -0.39 is 21.9 Å². The Bertz CT molecular complexity index is 1470. The van der Waals surface area contributed by atoms with Crippen LogP contribution in [0.4, 0.5) is 0 Å². The Morgan fingerprint density at radius 3 is 2.31 bits per heavy atom. The number of sulfonamides is 1. The SMILES string of the molecule is C=CCN(CC=C)S(=O)(=O)c1ccc(C(=O)N=c2sc3ccc(Cl)c(Cl)c3n2CC(=O)OC)cc1. The van der Waals surface area contributed by atoms with Crippen molar-refractivity contribution in [3.8, 4) is 0 Å². The van der Waals surface area contributed by atoms with E-state index in [-0.39, 0.29) is 44.9 Å². The predicted octanol–water partition coefficient (Wildman–Crippen LogP) is 4.29. The number of hydrogen-bond donors (Lipinski definition) is 0. The molecule has 3 rings (SSSR count). The number of benzene rings is 2. The fourth-order valence-corrected chi connectivity index (χ4v) is 6.05. The Balaban J connectivity index is 2.03. The minimum Gasteiger partial charge on any atom is -0.468 e. The van der Waals surface area contributed by atoms with Crippen LogP contribution >= 0.6 is 34.5 Å². The summed E-state index contributed by atoms with van der Waals surface area (Å²) < 4.78 is 33.8. The second-order valence-electron chi connectivity index (χ2n) is 7.10. The lowest BCUT2D eigenvalue weighted by molar-refractivity contribution is -0.141. The van der Waals surface area contributed by atoms with Crippen molar-refractivity contribution in [2.45, 2.75) is 11.4 Å². The number of rotatable bonds is 9. The van der Waals surface area contributed by atoms with Gasteiger partial charge in [-0.15, -0.1) is 13.2 Å². The number of halogens is 2. The topological polar surface area (TPSA) is 98.0 Å². The van der Waals surface area contributed by atoms with Gasteiger partial charge >= 0.3 is 5.97 Å². The van der Waals surface area contributed by atoms with Gasteiger partial charge in [-0.05, 0) is 36.4 Å². The van der Waals surface area contributed by atoms with Crippen LogP contribution in [0.3, 0.4) is 0 Å². The van der Waals surface area contributed by atoms with E-state index in [1.165, 1.54) is 52.4 Å². The van der Waals surface area contributed by atoms with Crippen molar-refractivity contribution in [1.29, 1.82) is 0 Å². The zero-order valence-electron chi connectivity index (χ0n) is 18.6. The number of hydrogen-bond acceptors (Lipinski definition) is 6. The van der Waals surface area contributed by atoms with E-state index in [0.717, 1.165) is 11.3 Å². The molecule has 1 aromatic heterocycles. The van der Waals surface area contributed by atoms with Gasteiger partial charge in [0.2, 0.25) is 10.0 Å². The monoisotopic (exact) mass is 553 g/mol. The summed E-state index contributed by atoms with van der Waals surface area (Å²) in [6, 6.07) is 8.74. The third-order valence-corrected chi connectivity index (χ3v) is 8.53. The lowest BCUT2D eigenvalue weighted by Gasteiger charge is -2.19. The van der Waals surface area contributed by atoms with Crippen molar-refractivity contribution in [2.24, 2.45) is 4.99 Å². The molecule has 12 heteroatoms. The van der Waals surface area contributed by atoms with E-state index in [1.807, 2.05) is 0 Å². The van der Waals surface area contributed by atoms with Crippen LogP contribution in [0.15, 0.2) is 71.6 Å². The van der Waals surface area contributed by atoms with Crippen LogP contribution in [-0.4, -0.2) is 49.4 Å². The minimum atomic E-state index is -3.81. The molecule has 0 radical (unpaired) electrons. The van der Waals surface area contributed by atoms with E-state index in [4.69, 9.17) is 27.9 Å². The highest BCUT2D eigenvalue weighted by Crippen LogP contribution is 2.32. The summed E-state index contributed by atoms with van der Waals surface area (Å²) >= 11 is 13.6. The molecule has 8 nitrogen and oxygen atoms in total. The maximum Gasteiger partial charge on any atom is 0.325 e. The van der Waals surface area contributed by atoms with Crippen LogP contribution in [0.5, 0.6) is 0 Å². The molecule has 0 atom stereocenters. The first kappa shape index (κ1) is 26.8. The molecule has 2 aromatic carbocycles. The van der Waals surface area contributed by atoms with E-state index in [9.17, 15) is 18.0 Å². The van der Waals surface area contributed by atoms with Crippen LogP contribution in [0.25, 0.3) is 10.2 Å². The number of amides is 1. The number of nitrogens with zero attached hydrogens (tertiary/aromatic N) is 3. The van der Waals surface area contributed by atoms with E-state index in [1.54, 1.807) is 12.1 Å². The van der Waals surface area contributed by atoms with E-state index in [0.29, 0.717) is 10.2 Å². The highest BCUT2D eigenvalue weighted by atomic mass is 35.5. The molecule has 3 aromatic rings. The molecule has 35 heavy (non-hydrogen) atoms. The van der Waals surface area contributed by atoms with Gasteiger partial charge in [0.05, 0.1) is 32.3 Å². The number of aromatic nitrogens is 1. The lowest BCUT2D eigenvalue weighted by Crippen LogP contribution is -2.31. The molecular weight excluding hydrogens is 533 g/mol. The average Bonchev–Trinajstić information content (AvgIpc) is 3.18. The largest absolute Gasteiger partial charge is 0.468 e. The summed E-state index contributed by atoms with van der Waals surface area (Å²) in [6.07, 6.45) is 2.96. The van der Waals surface area contributed by atoms with Crippen molar-refractivity contribution in [3.63, 3.8) is 0 Å². The summed E-state index contributed by atoms with van der Waals surface area (Å²) in [4.78, 5) is 29.3. The highest BCUT2D eigenvalue weighted by Gasteiger charge is 2.23. The Kier molecular flexibility index (Phi) is 8.68. The molecule has 184 valence electrons. The van der Waals surface area contributed by atoms with Crippen molar-refractivity contribution in [1.82, 2.24) is 8.87 Å². The number of methoxy groups -OCH3 is 1. The fourth-order valence-electron chi connectivity index (χ4n) is 3.16. The summed E-state index contributed by atoms with van der Waals surface area (Å²) in [6.45, 7) is 7.16. The van der Waals surface area contributed by atoms with Gasteiger partial charge in [0.15, 0.2) is 4.80 Å². The number of fused-ring (bicyclic) bond motifs is 1. The predicted molar refractivity (Wildman–Crippen MR) is 137 cm³/mol. The Labute approximate surface area is 216 Å². The Hall–Kier alpha value is -2.76. The molecule has 0 fully saturated rings. The molecule has 0 aliphatic rings. The van der Waals surface area contributed by atoms with Crippen LogP contribution in [0, 0.1) is 0 Å². The van der Waals surface area contributed by atoms with Gasteiger partial charge in [-0.3, -0.25) is 9.59 Å². The summed E-state index contributed by atoms with van der Waals surface area (Å²) in [5, 5.41) is 0.503. The summed E-state index contributed by atoms with van der Waals surface area (Å²) in [7, 11) is -2.56. The van der Waals surface area contributed by atoms with Gasteiger partial charge in [-0.25, -0.2) is 8.42 Å². The number of ether oxygens (including phenoxy) is 1. The Morgan fingerprint density at radius 1 is 1.11 bits per heavy atom. The first-order chi connectivity index (χ1) is 16.6. The van der Waals surface area contributed by atoms with Gasteiger partial charge in [0, 0.05) is 18.7 Å². The van der Waals surface area contributed by atoms with Crippen molar-refractivity contribution >= 4 is 66.7 Å². The third-order valence-electron chi connectivity index (χ3n) is 4.85. The smallest absolute Gasteiger partial charge is 0.325 e. The molecule has 0 saturated carbocycles. The molecular formula is C23H21Cl2N3O5S2. The second-order valence-corrected chi connectivity index (χ2v) is 10.8. The number of carbonyl (C=O) groups excluding carboxylic acids is 2. The summed E-state index contributed by atoms with van der Waals surface area (Å²) in [5.74, 6) is -1.19. The number of esters is 1. The fraction of sp³-hybridized carbons (Fsp3) is 0.174. The molecule has 0 aliphatic heterocycles. The molecule has 0 saturated heterocycles. The van der Waals surface area contributed by atoms with Crippen LogP contribution in [-0.2, 0) is 26.1 Å². The zero-order chi connectivity index (χ0) is 25.8. The maximum absolute atomic E-state index is 12.9. The quantitative estimate of drug-likeness (QED) is 0.291. The molecule has 0 spiro atoms. The molecule has 0 unspecified atom stereocenters. The molecule has 0 N–H and O–H groups in total. The van der Waals surface area contributed by atoms with Gasteiger partial charge in [0.1, 0.15) is 6.54 Å². The van der Waals surface area contributed by atoms with Crippen LogP contribution in [0.2, 0.25) is 10.0 Å². The second kappa shape index (κ2) is 11.3. The van der Waals surface area contributed by atoms with Crippen LogP contribution in [0.1, 0.15) is 10.4 Å². The maximum atomic E-state index is 12.9. The van der Waals surface area contributed by atoms with Crippen molar-refractivity contribution in [2.75, 3.05) is 20.2 Å². The van der Waals surface area contributed by atoms with Gasteiger partial charge in [0.25, 0.3) is 5.91 Å². The first-order valence-corrected chi connectivity index (χ1v) is 13.1. The normalized spacial score (nSPS) is 12.2. The number of carbonyl (C=O) groups is 2. The van der Waals surface area contributed by atoms with Gasteiger partial charge in [-0.1, -0.05) is 46.7 Å². The summed E-state index contributed by atoms with van der Waals surface area (Å²) in [5.41, 5.74) is 0.612. The zero-order valence-corrected chi connectivity index (χ0v) is 21.8. The van der Waals surface area contributed by atoms with E-state index >= 15 is 0 Å². The molecule has 1 heterocycles. The minimum absolute atomic E-state index is 0.0155. The average molecular weight is 554 g/mol. The molecule has 1 amide bonds. The Morgan fingerprint density at radius 2 is 1.74 bits per heavy atom. The first-order valence-electron chi connectivity index (χ1n) is 10.1. The van der Waals surface area contributed by atoms with Crippen molar-refractivity contribution in [3.05, 3.63) is 82.1 Å². The number of thiazole rings is 1. The van der Waals surface area contributed by atoms with Gasteiger partial charge in [-0.2, -0.15) is 9.30 Å². The molecule has 0 bridgehead atoms.